The van der Waals surface area contributed by atoms with Crippen LogP contribution in [0.1, 0.15) is 22.5 Å². The molecule has 0 fully saturated rings. The van der Waals surface area contributed by atoms with Crippen LogP contribution in [0.5, 0.6) is 0 Å². The number of aromatic nitrogens is 1. The average Bonchev–Trinajstić information content (AvgIpc) is 2.66. The SMILES string of the molecule is COC(=O)c1cc(C#CCCBr)c[nH]1. The van der Waals surface area contributed by atoms with Crippen molar-refractivity contribution in [2.24, 2.45) is 0 Å². The van der Waals surface area contributed by atoms with Gasteiger partial charge in [-0.1, -0.05) is 27.8 Å². The fourth-order valence-corrected chi connectivity index (χ4v) is 1.10. The molecular weight excluding hydrogens is 246 g/mol. The molecule has 0 aliphatic rings. The van der Waals surface area contributed by atoms with E-state index in [4.69, 9.17) is 0 Å². The number of aromatic amines is 1. The highest BCUT2D eigenvalue weighted by molar-refractivity contribution is 9.09. The van der Waals surface area contributed by atoms with Crippen LogP contribution in [-0.4, -0.2) is 23.4 Å². The van der Waals surface area contributed by atoms with Crippen LogP contribution in [0.25, 0.3) is 0 Å². The van der Waals surface area contributed by atoms with Gasteiger partial charge in [-0.25, -0.2) is 4.79 Å². The van der Waals surface area contributed by atoms with Gasteiger partial charge in [-0.3, -0.25) is 0 Å². The van der Waals surface area contributed by atoms with Gasteiger partial charge in [0.05, 0.1) is 7.11 Å². The van der Waals surface area contributed by atoms with Crippen LogP contribution in [0.2, 0.25) is 0 Å². The summed E-state index contributed by atoms with van der Waals surface area (Å²) < 4.78 is 4.55. The molecule has 3 nitrogen and oxygen atoms in total. The zero-order valence-electron chi connectivity index (χ0n) is 7.76. The zero-order valence-corrected chi connectivity index (χ0v) is 9.35. The number of hydrogen-bond donors (Lipinski definition) is 1. The lowest BCUT2D eigenvalue weighted by Crippen LogP contribution is -2.00. The van der Waals surface area contributed by atoms with Gasteiger partial charge in [0.15, 0.2) is 0 Å². The van der Waals surface area contributed by atoms with Crippen molar-refractivity contribution in [3.8, 4) is 11.8 Å². The highest BCUT2D eigenvalue weighted by Gasteiger charge is 2.06. The minimum absolute atomic E-state index is 0.376. The van der Waals surface area contributed by atoms with E-state index in [1.807, 2.05) is 0 Å². The van der Waals surface area contributed by atoms with Crippen molar-refractivity contribution in [1.82, 2.24) is 4.98 Å². The molecule has 4 heteroatoms. The molecule has 1 rings (SSSR count). The van der Waals surface area contributed by atoms with Crippen LogP contribution in [0.15, 0.2) is 12.3 Å². The average molecular weight is 256 g/mol. The fraction of sp³-hybridized carbons (Fsp3) is 0.300. The summed E-state index contributed by atoms with van der Waals surface area (Å²) in [5, 5.41) is 0.855. The number of halogens is 1. The minimum Gasteiger partial charge on any atom is -0.464 e. The van der Waals surface area contributed by atoms with Crippen molar-refractivity contribution in [3.63, 3.8) is 0 Å². The quantitative estimate of drug-likeness (QED) is 0.499. The smallest absolute Gasteiger partial charge is 0.354 e. The maximum Gasteiger partial charge on any atom is 0.354 e. The number of esters is 1. The van der Waals surface area contributed by atoms with Gasteiger partial charge in [-0.2, -0.15) is 0 Å². The first kappa shape index (κ1) is 10.9. The number of hydrogen-bond acceptors (Lipinski definition) is 2. The van der Waals surface area contributed by atoms with E-state index in [1.165, 1.54) is 7.11 Å². The van der Waals surface area contributed by atoms with Crippen molar-refractivity contribution in [2.75, 3.05) is 12.4 Å². The number of carbonyl (C=O) groups is 1. The van der Waals surface area contributed by atoms with Crippen LogP contribution in [-0.2, 0) is 4.74 Å². The van der Waals surface area contributed by atoms with Crippen LogP contribution in [0.3, 0.4) is 0 Å². The topological polar surface area (TPSA) is 42.1 Å². The molecule has 0 atom stereocenters. The Bertz CT molecular complexity index is 373. The maximum absolute atomic E-state index is 11.0. The molecule has 0 saturated carbocycles. The minimum atomic E-state index is -0.376. The van der Waals surface area contributed by atoms with E-state index in [1.54, 1.807) is 12.3 Å². The van der Waals surface area contributed by atoms with Crippen molar-refractivity contribution < 1.29 is 9.53 Å². The standard InChI is InChI=1S/C10H10BrNO2/c1-14-10(13)9-6-8(7-12-9)4-2-3-5-11/h6-7,12H,3,5H2,1H3. The Morgan fingerprint density at radius 3 is 3.14 bits per heavy atom. The Morgan fingerprint density at radius 1 is 1.71 bits per heavy atom. The Kier molecular flexibility index (Phi) is 4.27. The molecule has 1 aromatic rings. The molecule has 0 aliphatic heterocycles. The lowest BCUT2D eigenvalue weighted by Gasteiger charge is -1.91. The molecule has 0 bridgehead atoms. The summed E-state index contributed by atoms with van der Waals surface area (Å²) in [5.74, 6) is 5.50. The molecule has 0 aromatic carbocycles. The molecule has 0 saturated heterocycles. The summed E-state index contributed by atoms with van der Waals surface area (Å²) in [6.07, 6.45) is 2.48. The summed E-state index contributed by atoms with van der Waals surface area (Å²) >= 11 is 3.28. The molecule has 74 valence electrons. The number of methoxy groups -OCH3 is 1. The Hall–Kier alpha value is -1.21. The normalized spacial score (nSPS) is 9.00. The van der Waals surface area contributed by atoms with E-state index >= 15 is 0 Å². The zero-order chi connectivity index (χ0) is 10.4. The first-order valence-electron chi connectivity index (χ1n) is 4.09. The molecule has 0 aliphatic carbocycles. The van der Waals surface area contributed by atoms with E-state index in [2.05, 4.69) is 37.5 Å². The summed E-state index contributed by atoms with van der Waals surface area (Å²) in [6.45, 7) is 0. The first-order valence-corrected chi connectivity index (χ1v) is 5.21. The molecule has 0 amide bonds. The summed E-state index contributed by atoms with van der Waals surface area (Å²) in [7, 11) is 1.35. The number of H-pyrrole nitrogens is 1. The predicted molar refractivity (Wildman–Crippen MR) is 57.4 cm³/mol. The molecule has 0 spiro atoms. The van der Waals surface area contributed by atoms with Crippen LogP contribution in [0.4, 0.5) is 0 Å². The summed E-state index contributed by atoms with van der Waals surface area (Å²) in [6, 6.07) is 1.67. The molecule has 14 heavy (non-hydrogen) atoms. The maximum atomic E-state index is 11.0. The number of ether oxygens (including phenoxy) is 1. The van der Waals surface area contributed by atoms with Crippen molar-refractivity contribution in [1.29, 1.82) is 0 Å². The predicted octanol–water partition coefficient (Wildman–Crippen LogP) is 1.94. The van der Waals surface area contributed by atoms with E-state index in [0.717, 1.165) is 17.3 Å². The van der Waals surface area contributed by atoms with Gasteiger partial charge in [0.1, 0.15) is 5.69 Å². The Morgan fingerprint density at radius 2 is 2.50 bits per heavy atom. The fourth-order valence-electron chi connectivity index (χ4n) is 0.906. The molecular formula is C10H10BrNO2. The van der Waals surface area contributed by atoms with Gasteiger partial charge < -0.3 is 9.72 Å². The third kappa shape index (κ3) is 2.93. The number of carbonyl (C=O) groups excluding carboxylic acids is 1. The van der Waals surface area contributed by atoms with Crippen LogP contribution < -0.4 is 0 Å². The monoisotopic (exact) mass is 255 g/mol. The highest BCUT2D eigenvalue weighted by Crippen LogP contribution is 2.03. The van der Waals surface area contributed by atoms with E-state index in [-0.39, 0.29) is 5.97 Å². The van der Waals surface area contributed by atoms with Gasteiger partial charge in [-0.15, -0.1) is 0 Å². The number of rotatable bonds is 2. The third-order valence-corrected chi connectivity index (χ3v) is 1.94. The Balaban J connectivity index is 2.70. The van der Waals surface area contributed by atoms with E-state index in [0.29, 0.717) is 5.69 Å². The second-order valence-electron chi connectivity index (χ2n) is 2.53. The molecule has 0 radical (unpaired) electrons. The summed E-state index contributed by atoms with van der Waals surface area (Å²) in [4.78, 5) is 13.8. The van der Waals surface area contributed by atoms with Crippen LogP contribution >= 0.6 is 15.9 Å². The number of nitrogens with one attached hydrogen (secondary N) is 1. The highest BCUT2D eigenvalue weighted by atomic mass is 79.9. The first-order chi connectivity index (χ1) is 6.77. The number of alkyl halides is 1. The Labute approximate surface area is 91.0 Å². The van der Waals surface area contributed by atoms with Gasteiger partial charge in [-0.05, 0) is 6.07 Å². The molecule has 1 N–H and O–H groups in total. The van der Waals surface area contributed by atoms with Gasteiger partial charge in [0.2, 0.25) is 0 Å². The van der Waals surface area contributed by atoms with Gasteiger partial charge in [0.25, 0.3) is 0 Å². The largest absolute Gasteiger partial charge is 0.464 e. The van der Waals surface area contributed by atoms with Gasteiger partial charge >= 0.3 is 5.97 Å². The van der Waals surface area contributed by atoms with Crippen molar-refractivity contribution in [3.05, 3.63) is 23.5 Å². The lowest BCUT2D eigenvalue weighted by molar-refractivity contribution is 0.0595. The summed E-state index contributed by atoms with van der Waals surface area (Å²) in [5.41, 5.74) is 1.22. The third-order valence-electron chi connectivity index (χ3n) is 1.54. The second kappa shape index (κ2) is 5.51. The molecule has 1 aromatic heterocycles. The van der Waals surface area contributed by atoms with Gasteiger partial charge in [0, 0.05) is 23.5 Å². The van der Waals surface area contributed by atoms with Crippen molar-refractivity contribution >= 4 is 21.9 Å². The molecule has 0 unspecified atom stereocenters. The van der Waals surface area contributed by atoms with E-state index in [9.17, 15) is 4.79 Å². The van der Waals surface area contributed by atoms with Crippen LogP contribution in [0, 0.1) is 11.8 Å². The van der Waals surface area contributed by atoms with Crippen molar-refractivity contribution in [2.45, 2.75) is 6.42 Å². The second-order valence-corrected chi connectivity index (χ2v) is 3.33. The lowest BCUT2D eigenvalue weighted by atomic mass is 10.3. The molecule has 1 heterocycles. The van der Waals surface area contributed by atoms with E-state index < -0.39 is 0 Å².